The van der Waals surface area contributed by atoms with Gasteiger partial charge in [-0.15, -0.1) is 0 Å². The lowest BCUT2D eigenvalue weighted by atomic mass is 9.98. The number of anilines is 3. The largest absolute Gasteiger partial charge is 0.310 e. The molecule has 0 radical (unpaired) electrons. The van der Waals surface area contributed by atoms with E-state index in [9.17, 15) is 0 Å². The van der Waals surface area contributed by atoms with E-state index in [4.69, 9.17) is 0 Å². The lowest BCUT2D eigenvalue weighted by molar-refractivity contribution is 1.18. The Balaban J connectivity index is 1.13. The third-order valence-corrected chi connectivity index (χ3v) is 18.0. The van der Waals surface area contributed by atoms with E-state index < -0.39 is 8.07 Å². The standard InChI is InChI=1S/C62H44N2Si/c1-4-23-49(24-5-1)64-59-34-15-14-32-58(59)62-60(35-18-36-61(62)64)63(50-40-37-47(38-41-50)57-33-16-22-46-20-12-13-31-56(46)57)51-25-17-30-54(44-51)65(52-26-6-2-7-27-52,53-28-8-3-9-29-53)55-42-39-45-19-10-11-21-48(45)43-55/h1-44H. The van der Waals surface area contributed by atoms with E-state index in [0.29, 0.717) is 0 Å². The molecule has 0 fully saturated rings. The summed E-state index contributed by atoms with van der Waals surface area (Å²) < 4.78 is 2.41. The predicted octanol–water partition coefficient (Wildman–Crippen LogP) is 13.6. The summed E-state index contributed by atoms with van der Waals surface area (Å²) in [7, 11) is -2.94. The molecule has 12 rings (SSSR count). The van der Waals surface area contributed by atoms with Crippen molar-refractivity contribution in [3.05, 3.63) is 267 Å². The van der Waals surface area contributed by atoms with Crippen LogP contribution in [0.2, 0.25) is 0 Å². The van der Waals surface area contributed by atoms with Crippen molar-refractivity contribution in [2.75, 3.05) is 4.90 Å². The zero-order valence-corrected chi connectivity index (χ0v) is 36.8. The summed E-state index contributed by atoms with van der Waals surface area (Å²) in [5.41, 5.74) is 9.22. The quantitative estimate of drug-likeness (QED) is 0.104. The van der Waals surface area contributed by atoms with Crippen molar-refractivity contribution in [3.63, 3.8) is 0 Å². The zero-order valence-electron chi connectivity index (χ0n) is 35.8. The monoisotopic (exact) mass is 844 g/mol. The molecule has 0 aliphatic carbocycles. The van der Waals surface area contributed by atoms with Crippen LogP contribution < -0.4 is 25.6 Å². The van der Waals surface area contributed by atoms with Crippen molar-refractivity contribution in [2.24, 2.45) is 0 Å². The molecule has 0 N–H and O–H groups in total. The van der Waals surface area contributed by atoms with Gasteiger partial charge >= 0.3 is 0 Å². The number of nitrogens with zero attached hydrogens (tertiary/aromatic N) is 2. The summed E-state index contributed by atoms with van der Waals surface area (Å²) in [5, 5.41) is 12.8. The number of fused-ring (bicyclic) bond motifs is 5. The Labute approximate surface area is 380 Å². The summed E-state index contributed by atoms with van der Waals surface area (Å²) in [6.07, 6.45) is 0. The maximum absolute atomic E-state index is 2.94. The Morgan fingerprint density at radius 2 is 0.877 bits per heavy atom. The Morgan fingerprint density at radius 3 is 1.63 bits per heavy atom. The Bertz CT molecular complexity index is 3610. The molecule has 0 saturated heterocycles. The molecule has 306 valence electrons. The Kier molecular flexibility index (Phi) is 9.55. The molecule has 12 aromatic rings. The van der Waals surface area contributed by atoms with Gasteiger partial charge in [-0.05, 0) is 108 Å². The number of aromatic nitrogens is 1. The van der Waals surface area contributed by atoms with E-state index in [2.05, 4.69) is 276 Å². The van der Waals surface area contributed by atoms with E-state index in [-0.39, 0.29) is 0 Å². The normalized spacial score (nSPS) is 11.7. The predicted molar refractivity (Wildman–Crippen MR) is 280 cm³/mol. The van der Waals surface area contributed by atoms with Crippen molar-refractivity contribution < 1.29 is 0 Å². The molecule has 2 nitrogen and oxygen atoms in total. The van der Waals surface area contributed by atoms with Crippen LogP contribution in [0.4, 0.5) is 17.1 Å². The van der Waals surface area contributed by atoms with Crippen molar-refractivity contribution in [1.29, 1.82) is 0 Å². The van der Waals surface area contributed by atoms with E-state index in [0.717, 1.165) is 28.3 Å². The van der Waals surface area contributed by atoms with Crippen LogP contribution in [0.5, 0.6) is 0 Å². The zero-order chi connectivity index (χ0) is 43.2. The molecule has 3 heteroatoms. The van der Waals surface area contributed by atoms with Gasteiger partial charge in [-0.2, -0.15) is 0 Å². The van der Waals surface area contributed by atoms with Crippen molar-refractivity contribution in [1.82, 2.24) is 4.57 Å². The Hall–Kier alpha value is -8.24. The SMILES string of the molecule is c1ccc(-n2c3ccccc3c3c(N(c4ccc(-c5cccc6ccccc56)cc4)c4cccc([Si](c5ccccc5)(c5ccccc5)c5ccc6ccccc6c5)c4)cccc32)cc1. The second-order valence-corrected chi connectivity index (χ2v) is 20.7. The first kappa shape index (κ1) is 38.4. The van der Waals surface area contributed by atoms with Crippen LogP contribution in [-0.2, 0) is 0 Å². The summed E-state index contributed by atoms with van der Waals surface area (Å²) in [6.45, 7) is 0. The number of benzene rings is 11. The van der Waals surface area contributed by atoms with Gasteiger partial charge in [0.15, 0.2) is 8.07 Å². The highest BCUT2D eigenvalue weighted by molar-refractivity contribution is 7.20. The van der Waals surface area contributed by atoms with Crippen LogP contribution in [0.25, 0.3) is 60.2 Å². The van der Waals surface area contributed by atoms with Crippen molar-refractivity contribution in [2.45, 2.75) is 0 Å². The fourth-order valence-corrected chi connectivity index (χ4v) is 15.2. The molecule has 0 unspecified atom stereocenters. The Morgan fingerprint density at radius 1 is 0.323 bits per heavy atom. The minimum absolute atomic E-state index is 1.09. The molecule has 0 atom stereocenters. The van der Waals surface area contributed by atoms with Crippen LogP contribution in [-0.4, -0.2) is 12.6 Å². The molecular weight excluding hydrogens is 801 g/mol. The first-order valence-electron chi connectivity index (χ1n) is 22.4. The van der Waals surface area contributed by atoms with Gasteiger partial charge < -0.3 is 9.47 Å². The van der Waals surface area contributed by atoms with Crippen molar-refractivity contribution >= 4 is 89.2 Å². The molecule has 0 spiro atoms. The van der Waals surface area contributed by atoms with E-state index in [1.54, 1.807) is 0 Å². The van der Waals surface area contributed by atoms with Gasteiger partial charge in [0.05, 0.1) is 16.7 Å². The van der Waals surface area contributed by atoms with Crippen LogP contribution in [0.1, 0.15) is 0 Å². The van der Waals surface area contributed by atoms with Crippen molar-refractivity contribution in [3.8, 4) is 16.8 Å². The fourth-order valence-electron chi connectivity index (χ4n) is 10.4. The highest BCUT2D eigenvalue weighted by Gasteiger charge is 2.42. The maximum Gasteiger partial charge on any atom is 0.179 e. The molecule has 1 aromatic heterocycles. The number of rotatable bonds is 9. The van der Waals surface area contributed by atoms with Gasteiger partial charge in [0.25, 0.3) is 0 Å². The smallest absolute Gasteiger partial charge is 0.179 e. The molecule has 0 aliphatic rings. The fraction of sp³-hybridized carbons (Fsp3) is 0. The first-order valence-corrected chi connectivity index (χ1v) is 24.4. The van der Waals surface area contributed by atoms with E-state index in [1.165, 1.54) is 69.7 Å². The molecule has 11 aromatic carbocycles. The van der Waals surface area contributed by atoms with Gasteiger partial charge in [-0.1, -0.05) is 212 Å². The van der Waals surface area contributed by atoms with Crippen LogP contribution in [0.15, 0.2) is 267 Å². The van der Waals surface area contributed by atoms with Crippen LogP contribution in [0.3, 0.4) is 0 Å². The van der Waals surface area contributed by atoms with Gasteiger partial charge in [-0.3, -0.25) is 0 Å². The first-order chi connectivity index (χ1) is 32.3. The highest BCUT2D eigenvalue weighted by atomic mass is 28.3. The molecule has 1 heterocycles. The number of para-hydroxylation sites is 2. The second kappa shape index (κ2) is 16.1. The number of hydrogen-bond acceptors (Lipinski definition) is 1. The molecule has 65 heavy (non-hydrogen) atoms. The molecular formula is C62H44N2Si. The number of hydrogen-bond donors (Lipinski definition) is 0. The van der Waals surface area contributed by atoms with Crippen LogP contribution >= 0.6 is 0 Å². The summed E-state index contributed by atoms with van der Waals surface area (Å²) in [6, 6.07) is 98.7. The summed E-state index contributed by atoms with van der Waals surface area (Å²) >= 11 is 0. The van der Waals surface area contributed by atoms with E-state index >= 15 is 0 Å². The molecule has 0 bridgehead atoms. The average molecular weight is 845 g/mol. The minimum Gasteiger partial charge on any atom is -0.310 e. The maximum atomic E-state index is 2.50. The molecule has 0 amide bonds. The molecule has 0 saturated carbocycles. The third-order valence-electron chi connectivity index (χ3n) is 13.3. The van der Waals surface area contributed by atoms with Gasteiger partial charge in [-0.25, -0.2) is 0 Å². The average Bonchev–Trinajstić information content (AvgIpc) is 3.73. The lowest BCUT2D eigenvalue weighted by Gasteiger charge is -2.36. The third kappa shape index (κ3) is 6.47. The van der Waals surface area contributed by atoms with Gasteiger partial charge in [0.2, 0.25) is 0 Å². The van der Waals surface area contributed by atoms with Gasteiger partial charge in [0.1, 0.15) is 0 Å². The summed E-state index contributed by atoms with van der Waals surface area (Å²) in [4.78, 5) is 2.50. The topological polar surface area (TPSA) is 8.17 Å². The lowest BCUT2D eigenvalue weighted by Crippen LogP contribution is -2.74. The molecule has 0 aliphatic heterocycles. The van der Waals surface area contributed by atoms with E-state index in [1.807, 2.05) is 0 Å². The van der Waals surface area contributed by atoms with Crippen LogP contribution in [0, 0.1) is 0 Å². The highest BCUT2D eigenvalue weighted by Crippen LogP contribution is 2.44. The minimum atomic E-state index is -2.94. The summed E-state index contributed by atoms with van der Waals surface area (Å²) in [5.74, 6) is 0. The van der Waals surface area contributed by atoms with Gasteiger partial charge in [0, 0.05) is 27.8 Å². The second-order valence-electron chi connectivity index (χ2n) is 16.9.